The van der Waals surface area contributed by atoms with Gasteiger partial charge in [0.15, 0.2) is 0 Å². The van der Waals surface area contributed by atoms with Crippen LogP contribution < -0.4 is 11.2 Å². The van der Waals surface area contributed by atoms with Crippen molar-refractivity contribution < 1.29 is 0 Å². The van der Waals surface area contributed by atoms with Crippen LogP contribution in [0.2, 0.25) is 0 Å². The Hall–Kier alpha value is -2.22. The van der Waals surface area contributed by atoms with E-state index in [0.717, 1.165) is 47.8 Å². The average molecular weight is 346 g/mol. The molecule has 3 heterocycles. The molecule has 0 radical (unpaired) electrons. The highest BCUT2D eigenvalue weighted by Gasteiger charge is 2.25. The Balaban J connectivity index is 1.84. The zero-order valence-corrected chi connectivity index (χ0v) is 15.4. The molecule has 2 aromatic heterocycles. The third-order valence-electron chi connectivity index (χ3n) is 5.09. The van der Waals surface area contributed by atoms with Gasteiger partial charge < -0.3 is 0 Å². The summed E-state index contributed by atoms with van der Waals surface area (Å²) < 4.78 is 4.66. The van der Waals surface area contributed by atoms with E-state index in [1.807, 2.05) is 18.5 Å². The second-order valence-corrected chi connectivity index (χ2v) is 6.88. The molecule has 1 fully saturated rings. The summed E-state index contributed by atoms with van der Waals surface area (Å²) in [6, 6.07) is 1.89. The van der Waals surface area contributed by atoms with Crippen LogP contribution in [-0.2, 0) is 27.2 Å². The highest BCUT2D eigenvalue weighted by molar-refractivity contribution is 5.03. The van der Waals surface area contributed by atoms with Gasteiger partial charge in [0.05, 0.1) is 6.54 Å². The summed E-state index contributed by atoms with van der Waals surface area (Å²) in [5, 5.41) is 4.47. The fourth-order valence-corrected chi connectivity index (χ4v) is 3.55. The predicted octanol–water partition coefficient (Wildman–Crippen LogP) is 0.347. The lowest BCUT2D eigenvalue weighted by Crippen LogP contribution is -2.44. The van der Waals surface area contributed by atoms with Gasteiger partial charge in [0.25, 0.3) is 5.56 Å². The molecule has 136 valence electrons. The minimum absolute atomic E-state index is 0.255. The van der Waals surface area contributed by atoms with E-state index >= 15 is 0 Å². The van der Waals surface area contributed by atoms with Crippen molar-refractivity contribution in [3.8, 4) is 0 Å². The molecule has 0 aliphatic carbocycles. The fraction of sp³-hybridized carbons (Fsp3) is 0.647. The highest BCUT2D eigenvalue weighted by atomic mass is 16.2. The SMILES string of the molecule is Cc1nc(C)n(C[C@@H]2CCCCN2Cc2cc(=O)n(C)c(=O)n2C)n1. The number of aromatic nitrogens is 5. The zero-order valence-electron chi connectivity index (χ0n) is 15.4. The van der Waals surface area contributed by atoms with Gasteiger partial charge in [-0.2, -0.15) is 5.10 Å². The number of hydrogen-bond donors (Lipinski definition) is 0. The molecule has 0 saturated carbocycles. The molecule has 25 heavy (non-hydrogen) atoms. The van der Waals surface area contributed by atoms with E-state index in [2.05, 4.69) is 15.0 Å². The van der Waals surface area contributed by atoms with Crippen LogP contribution in [0.15, 0.2) is 15.7 Å². The largest absolute Gasteiger partial charge is 0.330 e. The van der Waals surface area contributed by atoms with Crippen LogP contribution in [0.1, 0.15) is 36.6 Å². The number of aryl methyl sites for hydroxylation is 2. The third-order valence-corrected chi connectivity index (χ3v) is 5.09. The molecule has 0 N–H and O–H groups in total. The van der Waals surface area contributed by atoms with E-state index in [1.165, 1.54) is 13.5 Å². The van der Waals surface area contributed by atoms with Crippen molar-refractivity contribution in [2.45, 2.75) is 52.2 Å². The highest BCUT2D eigenvalue weighted by Crippen LogP contribution is 2.20. The normalized spacial score (nSPS) is 18.6. The molecule has 0 unspecified atom stereocenters. The van der Waals surface area contributed by atoms with Crippen LogP contribution in [0.3, 0.4) is 0 Å². The van der Waals surface area contributed by atoms with Gasteiger partial charge in [-0.25, -0.2) is 14.5 Å². The predicted molar refractivity (Wildman–Crippen MR) is 94.5 cm³/mol. The first-order valence-electron chi connectivity index (χ1n) is 8.75. The van der Waals surface area contributed by atoms with Crippen LogP contribution >= 0.6 is 0 Å². The number of piperidine rings is 1. The van der Waals surface area contributed by atoms with Crippen molar-refractivity contribution in [1.29, 1.82) is 0 Å². The summed E-state index contributed by atoms with van der Waals surface area (Å²) in [6.45, 7) is 6.21. The fourth-order valence-electron chi connectivity index (χ4n) is 3.55. The van der Waals surface area contributed by atoms with Crippen LogP contribution in [-0.4, -0.2) is 41.4 Å². The van der Waals surface area contributed by atoms with Gasteiger partial charge in [-0.3, -0.25) is 18.8 Å². The Kier molecular flexibility index (Phi) is 4.89. The minimum atomic E-state index is -0.279. The minimum Gasteiger partial charge on any atom is -0.299 e. The van der Waals surface area contributed by atoms with Gasteiger partial charge >= 0.3 is 5.69 Å². The quantitative estimate of drug-likeness (QED) is 0.798. The zero-order chi connectivity index (χ0) is 18.1. The summed E-state index contributed by atoms with van der Waals surface area (Å²) in [5.74, 6) is 1.71. The Morgan fingerprint density at radius 1 is 1.16 bits per heavy atom. The van der Waals surface area contributed by atoms with E-state index in [0.29, 0.717) is 12.6 Å². The van der Waals surface area contributed by atoms with E-state index in [1.54, 1.807) is 17.7 Å². The summed E-state index contributed by atoms with van der Waals surface area (Å²) in [4.78, 5) is 30.9. The monoisotopic (exact) mass is 346 g/mol. The van der Waals surface area contributed by atoms with E-state index in [4.69, 9.17) is 0 Å². The number of likely N-dealkylation sites (tertiary alicyclic amines) is 1. The Labute approximate surface area is 146 Å². The summed E-state index contributed by atoms with van der Waals surface area (Å²) in [6.07, 6.45) is 3.39. The molecule has 0 spiro atoms. The second kappa shape index (κ2) is 6.95. The summed E-state index contributed by atoms with van der Waals surface area (Å²) in [5.41, 5.74) is 0.222. The van der Waals surface area contributed by atoms with Gasteiger partial charge in [0, 0.05) is 38.4 Å². The van der Waals surface area contributed by atoms with Gasteiger partial charge in [-0.1, -0.05) is 6.42 Å². The molecule has 0 aromatic carbocycles. The van der Waals surface area contributed by atoms with Crippen LogP contribution in [0, 0.1) is 13.8 Å². The van der Waals surface area contributed by atoms with Crippen LogP contribution in [0.4, 0.5) is 0 Å². The first-order valence-corrected chi connectivity index (χ1v) is 8.75. The summed E-state index contributed by atoms with van der Waals surface area (Å²) >= 11 is 0. The standard InChI is InChI=1S/C17H26N6O2/c1-12-18-13(2)23(19-12)11-14-7-5-6-8-22(14)10-15-9-16(24)21(4)17(25)20(15)3/h9,14H,5-8,10-11H2,1-4H3/t14-/m0/s1. The maximum absolute atomic E-state index is 12.2. The number of nitrogens with zero attached hydrogens (tertiary/aromatic N) is 6. The van der Waals surface area contributed by atoms with Crippen LogP contribution in [0.25, 0.3) is 0 Å². The first-order chi connectivity index (χ1) is 11.9. The van der Waals surface area contributed by atoms with Crippen molar-refractivity contribution in [1.82, 2.24) is 28.8 Å². The molecular formula is C17H26N6O2. The number of rotatable bonds is 4. The maximum Gasteiger partial charge on any atom is 0.330 e. The molecule has 3 rings (SSSR count). The molecule has 1 aliphatic heterocycles. The second-order valence-electron chi connectivity index (χ2n) is 6.88. The summed E-state index contributed by atoms with van der Waals surface area (Å²) in [7, 11) is 3.23. The number of hydrogen-bond acceptors (Lipinski definition) is 5. The Morgan fingerprint density at radius 3 is 2.60 bits per heavy atom. The average Bonchev–Trinajstić information content (AvgIpc) is 2.89. The van der Waals surface area contributed by atoms with Gasteiger partial charge in [-0.15, -0.1) is 0 Å². The topological polar surface area (TPSA) is 78.0 Å². The molecule has 8 nitrogen and oxygen atoms in total. The van der Waals surface area contributed by atoms with E-state index in [9.17, 15) is 9.59 Å². The van der Waals surface area contributed by atoms with Gasteiger partial charge in [-0.05, 0) is 33.2 Å². The van der Waals surface area contributed by atoms with Crippen molar-refractivity contribution in [2.24, 2.45) is 14.1 Å². The van der Waals surface area contributed by atoms with Crippen molar-refractivity contribution >= 4 is 0 Å². The maximum atomic E-state index is 12.2. The molecule has 1 saturated heterocycles. The first kappa shape index (κ1) is 17.6. The molecule has 1 aliphatic rings. The van der Waals surface area contributed by atoms with Crippen molar-refractivity contribution in [2.75, 3.05) is 6.54 Å². The Bertz CT molecular complexity index is 878. The van der Waals surface area contributed by atoms with Gasteiger partial charge in [0.1, 0.15) is 11.6 Å². The lowest BCUT2D eigenvalue weighted by atomic mass is 10.0. The smallest absolute Gasteiger partial charge is 0.299 e. The molecular weight excluding hydrogens is 320 g/mol. The molecule has 2 aromatic rings. The molecule has 8 heteroatoms. The lowest BCUT2D eigenvalue weighted by molar-refractivity contribution is 0.118. The van der Waals surface area contributed by atoms with E-state index in [-0.39, 0.29) is 11.2 Å². The van der Waals surface area contributed by atoms with E-state index < -0.39 is 0 Å². The van der Waals surface area contributed by atoms with Crippen molar-refractivity contribution in [3.05, 3.63) is 44.2 Å². The third kappa shape index (κ3) is 3.58. The lowest BCUT2D eigenvalue weighted by Gasteiger charge is -2.36. The molecule has 0 bridgehead atoms. The molecule has 0 amide bonds. The molecule has 1 atom stereocenters. The Morgan fingerprint density at radius 2 is 1.92 bits per heavy atom. The van der Waals surface area contributed by atoms with Gasteiger partial charge in [0.2, 0.25) is 0 Å². The van der Waals surface area contributed by atoms with Crippen molar-refractivity contribution in [3.63, 3.8) is 0 Å². The van der Waals surface area contributed by atoms with Crippen LogP contribution in [0.5, 0.6) is 0 Å².